The Bertz CT molecular complexity index is 675. The molecule has 0 bridgehead atoms. The lowest BCUT2D eigenvalue weighted by atomic mass is 10.2. The lowest BCUT2D eigenvalue weighted by molar-refractivity contribution is -0.115. The van der Waals surface area contributed by atoms with Crippen LogP contribution in [0.3, 0.4) is 0 Å². The normalized spacial score (nSPS) is 20.5. The predicted molar refractivity (Wildman–Crippen MR) is 103 cm³/mol. The minimum atomic E-state index is -0.163. The molecule has 1 aromatic rings. The molecule has 2 aliphatic heterocycles. The molecule has 0 aromatic heterocycles. The maximum Gasteiger partial charge on any atom is 0.263 e. The summed E-state index contributed by atoms with van der Waals surface area (Å²) in [6.45, 7) is 4.89. The third-order valence-corrected chi connectivity index (χ3v) is 5.33. The van der Waals surface area contributed by atoms with E-state index >= 15 is 0 Å². The predicted octanol–water partition coefficient (Wildman–Crippen LogP) is 2.65. The second kappa shape index (κ2) is 8.44. The number of thioether (sulfide) groups is 1. The number of nitrogens with one attached hydrogen (secondary N) is 1. The van der Waals surface area contributed by atoms with Gasteiger partial charge in [0.25, 0.3) is 5.91 Å². The summed E-state index contributed by atoms with van der Waals surface area (Å²) >= 11 is 9.76. The van der Waals surface area contributed by atoms with Gasteiger partial charge in [0.1, 0.15) is 16.7 Å². The van der Waals surface area contributed by atoms with Gasteiger partial charge in [-0.05, 0) is 24.3 Å². The number of halogens is 1. The lowest BCUT2D eigenvalue weighted by Crippen LogP contribution is -2.38. The number of ether oxygens (including phenoxy) is 2. The summed E-state index contributed by atoms with van der Waals surface area (Å²) in [5, 5.41) is 2.62. The van der Waals surface area contributed by atoms with E-state index in [1.165, 1.54) is 11.8 Å². The highest BCUT2D eigenvalue weighted by atomic mass is 79.9. The highest BCUT2D eigenvalue weighted by molar-refractivity contribution is 9.10. The molecule has 0 radical (unpaired) electrons. The van der Waals surface area contributed by atoms with E-state index in [4.69, 9.17) is 21.7 Å². The number of benzene rings is 1. The van der Waals surface area contributed by atoms with E-state index in [2.05, 4.69) is 26.1 Å². The summed E-state index contributed by atoms with van der Waals surface area (Å²) < 4.78 is 12.7. The lowest BCUT2D eigenvalue weighted by Gasteiger charge is -2.26. The molecule has 5 nitrogen and oxygen atoms in total. The van der Waals surface area contributed by atoms with Gasteiger partial charge in [-0.2, -0.15) is 0 Å². The van der Waals surface area contributed by atoms with E-state index in [9.17, 15) is 4.79 Å². The maximum absolute atomic E-state index is 11.8. The van der Waals surface area contributed by atoms with Crippen LogP contribution in [0.25, 0.3) is 6.08 Å². The number of carbonyl (C=O) groups is 1. The quantitative estimate of drug-likeness (QED) is 0.574. The van der Waals surface area contributed by atoms with Crippen LogP contribution in [-0.2, 0) is 9.53 Å². The number of thiocarbonyl (C=S) groups is 1. The number of hydrogen-bond acceptors (Lipinski definition) is 6. The van der Waals surface area contributed by atoms with Crippen molar-refractivity contribution in [2.24, 2.45) is 0 Å². The molecule has 1 aromatic carbocycles. The molecule has 1 N–H and O–H groups in total. The zero-order valence-corrected chi connectivity index (χ0v) is 16.1. The van der Waals surface area contributed by atoms with Gasteiger partial charge < -0.3 is 14.8 Å². The van der Waals surface area contributed by atoms with Crippen molar-refractivity contribution in [2.45, 2.75) is 0 Å². The van der Waals surface area contributed by atoms with Gasteiger partial charge in [0.15, 0.2) is 0 Å². The highest BCUT2D eigenvalue weighted by Gasteiger charge is 2.22. The molecular weight excluding hydrogens is 412 g/mol. The van der Waals surface area contributed by atoms with E-state index in [0.717, 1.165) is 48.6 Å². The average molecular weight is 429 g/mol. The Balaban J connectivity index is 1.68. The van der Waals surface area contributed by atoms with Crippen molar-refractivity contribution < 1.29 is 14.3 Å². The zero-order valence-electron chi connectivity index (χ0n) is 12.9. The third kappa shape index (κ3) is 4.80. The van der Waals surface area contributed by atoms with Crippen LogP contribution in [-0.4, -0.2) is 54.6 Å². The first kappa shape index (κ1) is 17.9. The molecule has 0 spiro atoms. The fourth-order valence-corrected chi connectivity index (χ4v) is 3.85. The smallest absolute Gasteiger partial charge is 0.263 e. The van der Waals surface area contributed by atoms with Gasteiger partial charge in [-0.1, -0.05) is 39.9 Å². The Kier molecular flexibility index (Phi) is 6.29. The summed E-state index contributed by atoms with van der Waals surface area (Å²) in [5.74, 6) is 0.592. The molecule has 2 heterocycles. The van der Waals surface area contributed by atoms with Crippen LogP contribution in [0.4, 0.5) is 0 Å². The summed E-state index contributed by atoms with van der Waals surface area (Å²) in [6.07, 6.45) is 1.81. The second-order valence-corrected chi connectivity index (χ2v) is 7.97. The van der Waals surface area contributed by atoms with Gasteiger partial charge >= 0.3 is 0 Å². The van der Waals surface area contributed by atoms with E-state index in [-0.39, 0.29) is 5.91 Å². The largest absolute Gasteiger partial charge is 0.492 e. The van der Waals surface area contributed by atoms with E-state index in [1.54, 1.807) is 0 Å². The monoisotopic (exact) mass is 428 g/mol. The number of carbonyl (C=O) groups excluding carboxylic acids is 1. The highest BCUT2D eigenvalue weighted by Crippen LogP contribution is 2.31. The van der Waals surface area contributed by atoms with Crippen molar-refractivity contribution in [3.63, 3.8) is 0 Å². The average Bonchev–Trinajstić information content (AvgIpc) is 2.88. The molecule has 2 saturated heterocycles. The molecule has 24 heavy (non-hydrogen) atoms. The topological polar surface area (TPSA) is 50.8 Å². The van der Waals surface area contributed by atoms with E-state index in [0.29, 0.717) is 15.8 Å². The number of nitrogens with zero attached hydrogens (tertiary/aromatic N) is 1. The zero-order chi connectivity index (χ0) is 16.9. The van der Waals surface area contributed by atoms with Crippen molar-refractivity contribution in [3.8, 4) is 5.75 Å². The molecule has 3 rings (SSSR count). The molecule has 2 fully saturated rings. The molecule has 8 heteroatoms. The van der Waals surface area contributed by atoms with Crippen LogP contribution in [0.15, 0.2) is 27.6 Å². The number of rotatable bonds is 5. The van der Waals surface area contributed by atoms with Gasteiger partial charge in [0, 0.05) is 29.7 Å². The molecule has 0 unspecified atom stereocenters. The fraction of sp³-hybridized carbons (Fsp3) is 0.375. The van der Waals surface area contributed by atoms with Crippen molar-refractivity contribution in [3.05, 3.63) is 33.1 Å². The van der Waals surface area contributed by atoms with Crippen LogP contribution < -0.4 is 10.1 Å². The summed E-state index contributed by atoms with van der Waals surface area (Å²) in [7, 11) is 0. The van der Waals surface area contributed by atoms with Crippen LogP contribution in [0.5, 0.6) is 5.75 Å². The molecule has 0 aliphatic carbocycles. The van der Waals surface area contributed by atoms with Crippen LogP contribution in [0, 0.1) is 0 Å². The van der Waals surface area contributed by atoms with Crippen molar-refractivity contribution >= 4 is 56.2 Å². The molecular formula is C16H17BrN2O3S2. The van der Waals surface area contributed by atoms with Crippen molar-refractivity contribution in [2.75, 3.05) is 39.5 Å². The fourth-order valence-electron chi connectivity index (χ4n) is 2.44. The summed E-state index contributed by atoms with van der Waals surface area (Å²) in [6, 6.07) is 5.77. The summed E-state index contributed by atoms with van der Waals surface area (Å²) in [5.41, 5.74) is 0.855. The Morgan fingerprint density at radius 3 is 2.92 bits per heavy atom. The van der Waals surface area contributed by atoms with Crippen molar-refractivity contribution in [1.29, 1.82) is 0 Å². The molecule has 0 saturated carbocycles. The third-order valence-electron chi connectivity index (χ3n) is 3.67. The van der Waals surface area contributed by atoms with Gasteiger partial charge in [-0.15, -0.1) is 0 Å². The number of hydrogen-bond donors (Lipinski definition) is 1. The van der Waals surface area contributed by atoms with Crippen LogP contribution >= 0.6 is 39.9 Å². The van der Waals surface area contributed by atoms with E-state index in [1.807, 2.05) is 24.3 Å². The van der Waals surface area contributed by atoms with Crippen LogP contribution in [0.2, 0.25) is 0 Å². The second-order valence-electron chi connectivity index (χ2n) is 5.34. The first-order chi connectivity index (χ1) is 11.6. The minimum Gasteiger partial charge on any atom is -0.492 e. The Hall–Kier alpha value is -0.930. The molecule has 1 amide bonds. The van der Waals surface area contributed by atoms with Crippen molar-refractivity contribution in [1.82, 2.24) is 10.2 Å². The summed E-state index contributed by atoms with van der Waals surface area (Å²) in [4.78, 5) is 14.7. The maximum atomic E-state index is 11.8. The van der Waals surface area contributed by atoms with Gasteiger partial charge in [-0.25, -0.2) is 0 Å². The van der Waals surface area contributed by atoms with Crippen LogP contribution in [0.1, 0.15) is 5.56 Å². The molecule has 0 atom stereocenters. The van der Waals surface area contributed by atoms with E-state index < -0.39 is 0 Å². The first-order valence-electron chi connectivity index (χ1n) is 7.59. The molecule has 128 valence electrons. The van der Waals surface area contributed by atoms with Gasteiger partial charge in [-0.3, -0.25) is 9.69 Å². The van der Waals surface area contributed by atoms with Gasteiger partial charge in [0.05, 0.1) is 18.1 Å². The Morgan fingerprint density at radius 1 is 1.42 bits per heavy atom. The van der Waals surface area contributed by atoms with Gasteiger partial charge in [0.2, 0.25) is 0 Å². The first-order valence-corrected chi connectivity index (χ1v) is 9.61. The number of amides is 1. The number of morpholine rings is 1. The standard InChI is InChI=1S/C16H17BrN2O3S2/c17-12-1-2-13(22-8-5-19-3-6-21-7-4-19)11(9-12)10-14-15(20)18-16(23)24-14/h1-2,9-10H,3-8H2,(H,18,20,23). The Morgan fingerprint density at radius 2 is 2.21 bits per heavy atom. The SMILES string of the molecule is O=C1NC(=S)SC1=Cc1cc(Br)ccc1OCCN1CCOCC1. The Labute approximate surface area is 158 Å². The minimum absolute atomic E-state index is 0.163. The molecule has 2 aliphatic rings.